The van der Waals surface area contributed by atoms with Gasteiger partial charge in [0.25, 0.3) is 0 Å². The molecule has 2 rings (SSSR count). The molecule has 0 spiro atoms. The Labute approximate surface area is 115 Å². The summed E-state index contributed by atoms with van der Waals surface area (Å²) in [6.45, 7) is 2.95. The molecule has 1 aromatic rings. The number of carbonyl (C=O) groups is 1. The van der Waals surface area contributed by atoms with Crippen LogP contribution in [0.4, 0.5) is 18.9 Å². The average Bonchev–Trinajstić information content (AvgIpc) is 2.44. The number of hydrogen-bond acceptors (Lipinski definition) is 2. The lowest BCUT2D eigenvalue weighted by Gasteiger charge is -2.29. The van der Waals surface area contributed by atoms with E-state index in [1.807, 2.05) is 0 Å². The van der Waals surface area contributed by atoms with Gasteiger partial charge in [0.2, 0.25) is 5.91 Å². The summed E-state index contributed by atoms with van der Waals surface area (Å²) in [6.07, 6.45) is 3.01. The minimum Gasteiger partial charge on any atom is -0.371 e. The topological polar surface area (TPSA) is 32.3 Å². The van der Waals surface area contributed by atoms with Crippen LogP contribution in [0.25, 0.3) is 0 Å². The summed E-state index contributed by atoms with van der Waals surface area (Å²) in [5, 5.41) is 2.60. The van der Waals surface area contributed by atoms with Crippen molar-refractivity contribution < 1.29 is 18.0 Å². The van der Waals surface area contributed by atoms with Gasteiger partial charge in [0.1, 0.15) is 11.9 Å². The van der Waals surface area contributed by atoms with Gasteiger partial charge in [0, 0.05) is 25.2 Å². The molecule has 0 radical (unpaired) electrons. The van der Waals surface area contributed by atoms with Crippen LogP contribution < -0.4 is 5.32 Å². The van der Waals surface area contributed by atoms with E-state index in [1.165, 1.54) is 0 Å². The van der Waals surface area contributed by atoms with Gasteiger partial charge < -0.3 is 10.2 Å². The molecule has 6 heteroatoms. The van der Waals surface area contributed by atoms with Crippen LogP contribution in [0, 0.1) is 17.5 Å². The maximum absolute atomic E-state index is 13.5. The molecule has 0 saturated carbocycles. The van der Waals surface area contributed by atoms with E-state index in [0.717, 1.165) is 25.3 Å². The third-order valence-corrected chi connectivity index (χ3v) is 3.42. The Hall–Kier alpha value is -1.72. The van der Waals surface area contributed by atoms with Crippen LogP contribution >= 0.6 is 0 Å². The third kappa shape index (κ3) is 3.23. The Kier molecular flexibility index (Phi) is 4.52. The highest BCUT2D eigenvalue weighted by molar-refractivity contribution is 5.84. The number of benzene rings is 1. The lowest BCUT2D eigenvalue weighted by Crippen LogP contribution is -2.44. The molecule has 0 aliphatic carbocycles. The zero-order chi connectivity index (χ0) is 14.7. The summed E-state index contributed by atoms with van der Waals surface area (Å²) < 4.78 is 39.4. The molecule has 20 heavy (non-hydrogen) atoms. The molecule has 110 valence electrons. The first-order chi connectivity index (χ1) is 9.49. The number of rotatable bonds is 3. The Balaban J connectivity index is 2.05. The lowest BCUT2D eigenvalue weighted by atomic mass is 10.1. The van der Waals surface area contributed by atoms with E-state index in [1.54, 1.807) is 11.8 Å². The second-order valence-electron chi connectivity index (χ2n) is 5.00. The lowest BCUT2D eigenvalue weighted by molar-refractivity contribution is -0.132. The molecule has 1 heterocycles. The number of amides is 1. The second-order valence-corrected chi connectivity index (χ2v) is 5.00. The number of likely N-dealkylation sites (tertiary alicyclic amines) is 1. The van der Waals surface area contributed by atoms with Gasteiger partial charge >= 0.3 is 0 Å². The van der Waals surface area contributed by atoms with Crippen molar-refractivity contribution in [3.8, 4) is 0 Å². The van der Waals surface area contributed by atoms with Gasteiger partial charge in [-0.25, -0.2) is 13.2 Å². The quantitative estimate of drug-likeness (QED) is 0.867. The highest BCUT2D eigenvalue weighted by Crippen LogP contribution is 2.20. The highest BCUT2D eigenvalue weighted by Gasteiger charge is 2.23. The van der Waals surface area contributed by atoms with Crippen molar-refractivity contribution in [1.29, 1.82) is 0 Å². The molecule has 3 nitrogen and oxygen atoms in total. The van der Waals surface area contributed by atoms with Crippen LogP contribution in [-0.4, -0.2) is 29.9 Å². The fourth-order valence-electron chi connectivity index (χ4n) is 2.32. The van der Waals surface area contributed by atoms with Gasteiger partial charge in [-0.05, 0) is 26.2 Å². The minimum absolute atomic E-state index is 0.158. The van der Waals surface area contributed by atoms with Crippen LogP contribution in [0.3, 0.4) is 0 Å². The third-order valence-electron chi connectivity index (χ3n) is 3.42. The van der Waals surface area contributed by atoms with Crippen molar-refractivity contribution in [2.24, 2.45) is 0 Å². The molecule has 1 aromatic carbocycles. The van der Waals surface area contributed by atoms with E-state index in [9.17, 15) is 18.0 Å². The van der Waals surface area contributed by atoms with E-state index in [-0.39, 0.29) is 11.6 Å². The number of nitrogens with one attached hydrogen (secondary N) is 1. The van der Waals surface area contributed by atoms with Gasteiger partial charge in [0.15, 0.2) is 11.6 Å². The fraction of sp³-hybridized carbons (Fsp3) is 0.500. The van der Waals surface area contributed by atoms with Crippen molar-refractivity contribution in [3.05, 3.63) is 29.6 Å². The Bertz CT molecular complexity index is 501. The molecule has 1 fully saturated rings. The van der Waals surface area contributed by atoms with Crippen LogP contribution in [0.2, 0.25) is 0 Å². The molecule has 1 N–H and O–H groups in total. The van der Waals surface area contributed by atoms with Gasteiger partial charge in [-0.15, -0.1) is 0 Å². The predicted molar refractivity (Wildman–Crippen MR) is 69.8 cm³/mol. The summed E-state index contributed by atoms with van der Waals surface area (Å²) in [7, 11) is 0. The Morgan fingerprint density at radius 1 is 1.10 bits per heavy atom. The van der Waals surface area contributed by atoms with Gasteiger partial charge in [-0.2, -0.15) is 0 Å². The number of nitrogens with zero attached hydrogens (tertiary/aromatic N) is 1. The van der Waals surface area contributed by atoms with E-state index in [4.69, 9.17) is 0 Å². The number of anilines is 1. The molecule has 0 aromatic heterocycles. The van der Waals surface area contributed by atoms with Crippen LogP contribution in [-0.2, 0) is 4.79 Å². The number of piperidine rings is 1. The summed E-state index contributed by atoms with van der Waals surface area (Å²) in [5.74, 6) is -3.47. The zero-order valence-corrected chi connectivity index (χ0v) is 11.3. The molecule has 1 atom stereocenters. The Morgan fingerprint density at radius 2 is 1.70 bits per heavy atom. The minimum atomic E-state index is -1.25. The SMILES string of the molecule is CC(Nc1cc(F)c(F)cc1F)C(=O)N1CCCCC1. The molecule has 1 saturated heterocycles. The first-order valence-corrected chi connectivity index (χ1v) is 6.69. The van der Waals surface area contributed by atoms with Crippen LogP contribution in [0.5, 0.6) is 0 Å². The first-order valence-electron chi connectivity index (χ1n) is 6.69. The van der Waals surface area contributed by atoms with Crippen molar-refractivity contribution in [1.82, 2.24) is 4.90 Å². The molecular formula is C14H17F3N2O. The standard InChI is InChI=1S/C14H17F3N2O/c1-9(14(20)19-5-3-2-4-6-19)18-13-8-11(16)10(15)7-12(13)17/h7-9,18H,2-6H2,1H3. The summed E-state index contributed by atoms with van der Waals surface area (Å²) in [5.41, 5.74) is -0.207. The fourth-order valence-corrected chi connectivity index (χ4v) is 2.32. The molecule has 0 bridgehead atoms. The van der Waals surface area contributed by atoms with Gasteiger partial charge in [-0.3, -0.25) is 4.79 Å². The number of hydrogen-bond donors (Lipinski definition) is 1. The molecule has 1 aliphatic rings. The summed E-state index contributed by atoms with van der Waals surface area (Å²) in [6, 6.07) is 0.507. The number of carbonyl (C=O) groups excluding carboxylic acids is 1. The predicted octanol–water partition coefficient (Wildman–Crippen LogP) is 2.92. The normalized spacial score (nSPS) is 16.9. The van der Waals surface area contributed by atoms with Gasteiger partial charge in [-0.1, -0.05) is 0 Å². The first kappa shape index (κ1) is 14.7. The highest BCUT2D eigenvalue weighted by atomic mass is 19.2. The average molecular weight is 286 g/mol. The number of halogens is 3. The van der Waals surface area contributed by atoms with Crippen molar-refractivity contribution in [3.63, 3.8) is 0 Å². The van der Waals surface area contributed by atoms with Gasteiger partial charge in [0.05, 0.1) is 5.69 Å². The van der Waals surface area contributed by atoms with Crippen molar-refractivity contribution in [2.75, 3.05) is 18.4 Å². The van der Waals surface area contributed by atoms with Crippen LogP contribution in [0.1, 0.15) is 26.2 Å². The Morgan fingerprint density at radius 3 is 2.35 bits per heavy atom. The summed E-state index contributed by atoms with van der Waals surface area (Å²) >= 11 is 0. The second kappa shape index (κ2) is 6.15. The van der Waals surface area contributed by atoms with E-state index in [0.29, 0.717) is 19.2 Å². The maximum Gasteiger partial charge on any atom is 0.244 e. The van der Waals surface area contributed by atoms with E-state index >= 15 is 0 Å². The molecular weight excluding hydrogens is 269 g/mol. The molecule has 1 aliphatic heterocycles. The van der Waals surface area contributed by atoms with Crippen LogP contribution in [0.15, 0.2) is 12.1 Å². The zero-order valence-electron chi connectivity index (χ0n) is 11.3. The van der Waals surface area contributed by atoms with E-state index in [2.05, 4.69) is 5.32 Å². The largest absolute Gasteiger partial charge is 0.371 e. The smallest absolute Gasteiger partial charge is 0.244 e. The monoisotopic (exact) mass is 286 g/mol. The molecule has 1 unspecified atom stereocenters. The summed E-state index contributed by atoms with van der Waals surface area (Å²) in [4.78, 5) is 13.8. The van der Waals surface area contributed by atoms with Crippen molar-refractivity contribution >= 4 is 11.6 Å². The molecule has 1 amide bonds. The maximum atomic E-state index is 13.5. The van der Waals surface area contributed by atoms with Crippen molar-refractivity contribution in [2.45, 2.75) is 32.2 Å². The van der Waals surface area contributed by atoms with E-state index < -0.39 is 23.5 Å².